The highest BCUT2D eigenvalue weighted by Crippen LogP contribution is 2.25. The number of hydrogen-bond donors (Lipinski definition) is 2. The van der Waals surface area contributed by atoms with Gasteiger partial charge in [-0.1, -0.05) is 30.3 Å². The fourth-order valence-corrected chi connectivity index (χ4v) is 2.97. The molecule has 2 heterocycles. The van der Waals surface area contributed by atoms with Gasteiger partial charge in [0.05, 0.1) is 22.8 Å². The zero-order valence-corrected chi connectivity index (χ0v) is 12.6. The summed E-state index contributed by atoms with van der Waals surface area (Å²) >= 11 is 0. The Labute approximate surface area is 136 Å². The number of aromatic nitrogens is 3. The van der Waals surface area contributed by atoms with Crippen molar-refractivity contribution in [3.05, 3.63) is 76.3 Å². The van der Waals surface area contributed by atoms with E-state index in [2.05, 4.69) is 9.97 Å². The number of carboxylic acid groups (broad SMARTS) is 1. The van der Waals surface area contributed by atoms with Gasteiger partial charge in [0.1, 0.15) is 5.65 Å². The number of hydrogen-bond acceptors (Lipinski definition) is 3. The molecule has 0 fully saturated rings. The monoisotopic (exact) mass is 319 g/mol. The van der Waals surface area contributed by atoms with Crippen LogP contribution in [0.2, 0.25) is 0 Å². The van der Waals surface area contributed by atoms with Crippen LogP contribution in [0.1, 0.15) is 15.9 Å². The maximum Gasteiger partial charge on any atom is 0.335 e. The van der Waals surface area contributed by atoms with Gasteiger partial charge >= 0.3 is 5.97 Å². The minimum atomic E-state index is -0.952. The standard InChI is InChI=1S/C18H13N3O3/c22-17-15-13-3-1-2-4-14(13)21(16(15)19-10-20-17)9-11-5-7-12(8-6-11)18(23)24/h1-8,10H,9H2,(H,23,24)(H,19,20,22). The summed E-state index contributed by atoms with van der Waals surface area (Å²) in [5.74, 6) is -0.952. The predicted molar refractivity (Wildman–Crippen MR) is 90.4 cm³/mol. The van der Waals surface area contributed by atoms with Gasteiger partial charge in [0.2, 0.25) is 0 Å². The molecule has 0 radical (unpaired) electrons. The van der Waals surface area contributed by atoms with E-state index in [4.69, 9.17) is 5.11 Å². The van der Waals surface area contributed by atoms with Gasteiger partial charge < -0.3 is 14.7 Å². The van der Waals surface area contributed by atoms with Crippen LogP contribution in [0, 0.1) is 0 Å². The lowest BCUT2D eigenvalue weighted by atomic mass is 10.1. The molecule has 0 aliphatic carbocycles. The zero-order chi connectivity index (χ0) is 16.7. The van der Waals surface area contributed by atoms with Gasteiger partial charge in [-0.3, -0.25) is 4.79 Å². The molecular formula is C18H13N3O3. The van der Waals surface area contributed by atoms with E-state index in [-0.39, 0.29) is 11.1 Å². The van der Waals surface area contributed by atoms with Crippen LogP contribution in [0.3, 0.4) is 0 Å². The number of rotatable bonds is 3. The summed E-state index contributed by atoms with van der Waals surface area (Å²) in [4.78, 5) is 30.1. The predicted octanol–water partition coefficient (Wildman–Crippen LogP) is 2.62. The van der Waals surface area contributed by atoms with Crippen molar-refractivity contribution in [3.63, 3.8) is 0 Å². The molecule has 0 aliphatic rings. The van der Waals surface area contributed by atoms with Gasteiger partial charge in [-0.2, -0.15) is 0 Å². The van der Waals surface area contributed by atoms with Crippen molar-refractivity contribution in [3.8, 4) is 0 Å². The van der Waals surface area contributed by atoms with Crippen molar-refractivity contribution < 1.29 is 9.90 Å². The lowest BCUT2D eigenvalue weighted by Crippen LogP contribution is -2.07. The molecule has 0 aliphatic heterocycles. The second-order valence-electron chi connectivity index (χ2n) is 5.54. The minimum absolute atomic E-state index is 0.170. The quantitative estimate of drug-likeness (QED) is 0.607. The van der Waals surface area contributed by atoms with E-state index in [0.29, 0.717) is 17.6 Å². The Bertz CT molecular complexity index is 1120. The van der Waals surface area contributed by atoms with E-state index >= 15 is 0 Å². The Morgan fingerprint density at radius 3 is 2.62 bits per heavy atom. The molecule has 4 aromatic rings. The Morgan fingerprint density at radius 1 is 1.12 bits per heavy atom. The lowest BCUT2D eigenvalue weighted by Gasteiger charge is -2.07. The molecule has 6 nitrogen and oxygen atoms in total. The van der Waals surface area contributed by atoms with Crippen LogP contribution in [0.4, 0.5) is 0 Å². The van der Waals surface area contributed by atoms with Gasteiger partial charge in [0, 0.05) is 11.9 Å². The summed E-state index contributed by atoms with van der Waals surface area (Å²) in [6.07, 6.45) is 1.40. The average molecular weight is 319 g/mol. The SMILES string of the molecule is O=C(O)c1ccc(Cn2c3ccccc3c3c(=O)[nH]cnc32)cc1. The van der Waals surface area contributed by atoms with Crippen LogP contribution < -0.4 is 5.56 Å². The number of aromatic carboxylic acids is 1. The first kappa shape index (κ1) is 14.2. The van der Waals surface area contributed by atoms with E-state index < -0.39 is 5.97 Å². The summed E-state index contributed by atoms with van der Waals surface area (Å²) in [6.45, 7) is 0.500. The zero-order valence-electron chi connectivity index (χ0n) is 12.6. The fraction of sp³-hybridized carbons (Fsp3) is 0.0556. The maximum absolute atomic E-state index is 12.2. The molecule has 2 aromatic carbocycles. The van der Waals surface area contributed by atoms with Crippen LogP contribution in [0.5, 0.6) is 0 Å². The normalized spacial score (nSPS) is 11.2. The molecule has 0 saturated heterocycles. The summed E-state index contributed by atoms with van der Waals surface area (Å²) in [7, 11) is 0. The molecule has 0 spiro atoms. The number of benzene rings is 2. The highest BCUT2D eigenvalue weighted by Gasteiger charge is 2.14. The number of carboxylic acids is 1. The molecule has 0 bridgehead atoms. The lowest BCUT2D eigenvalue weighted by molar-refractivity contribution is 0.0697. The molecule has 0 atom stereocenters. The molecular weight excluding hydrogens is 306 g/mol. The number of H-pyrrole nitrogens is 1. The highest BCUT2D eigenvalue weighted by atomic mass is 16.4. The van der Waals surface area contributed by atoms with Crippen LogP contribution in [0.25, 0.3) is 21.9 Å². The summed E-state index contributed by atoms with van der Waals surface area (Å²) < 4.78 is 1.97. The number of nitrogens with one attached hydrogen (secondary N) is 1. The largest absolute Gasteiger partial charge is 0.478 e. The first-order chi connectivity index (χ1) is 11.6. The Kier molecular flexibility index (Phi) is 3.16. The van der Waals surface area contributed by atoms with E-state index in [1.165, 1.54) is 6.33 Å². The maximum atomic E-state index is 12.2. The van der Waals surface area contributed by atoms with Gasteiger partial charge in [0.15, 0.2) is 0 Å². The summed E-state index contributed by atoms with van der Waals surface area (Å²) in [5.41, 5.74) is 2.54. The molecule has 0 unspecified atom stereocenters. The summed E-state index contributed by atoms with van der Waals surface area (Å²) in [5, 5.41) is 10.4. The van der Waals surface area contributed by atoms with Crippen LogP contribution in [-0.4, -0.2) is 25.6 Å². The van der Waals surface area contributed by atoms with Crippen LogP contribution in [0.15, 0.2) is 59.7 Å². The van der Waals surface area contributed by atoms with Crippen molar-refractivity contribution in [1.29, 1.82) is 0 Å². The molecule has 118 valence electrons. The third-order valence-corrected chi connectivity index (χ3v) is 4.09. The van der Waals surface area contributed by atoms with E-state index in [9.17, 15) is 9.59 Å². The Morgan fingerprint density at radius 2 is 1.88 bits per heavy atom. The van der Waals surface area contributed by atoms with Crippen molar-refractivity contribution in [2.45, 2.75) is 6.54 Å². The molecule has 24 heavy (non-hydrogen) atoms. The van der Waals surface area contributed by atoms with Crippen molar-refractivity contribution in [1.82, 2.24) is 14.5 Å². The first-order valence-corrected chi connectivity index (χ1v) is 7.42. The molecule has 2 aromatic heterocycles. The van der Waals surface area contributed by atoms with Crippen molar-refractivity contribution in [2.75, 3.05) is 0 Å². The number of para-hydroxylation sites is 1. The number of aromatic amines is 1. The van der Waals surface area contributed by atoms with Crippen LogP contribution >= 0.6 is 0 Å². The van der Waals surface area contributed by atoms with Gasteiger partial charge in [-0.25, -0.2) is 9.78 Å². The second kappa shape index (κ2) is 5.34. The highest BCUT2D eigenvalue weighted by molar-refractivity contribution is 6.06. The van der Waals surface area contributed by atoms with E-state index in [0.717, 1.165) is 16.5 Å². The Hall–Kier alpha value is -3.41. The minimum Gasteiger partial charge on any atom is -0.478 e. The number of fused-ring (bicyclic) bond motifs is 3. The van der Waals surface area contributed by atoms with Crippen molar-refractivity contribution in [2.24, 2.45) is 0 Å². The Balaban J connectivity index is 1.90. The van der Waals surface area contributed by atoms with Gasteiger partial charge in [0.25, 0.3) is 5.56 Å². The van der Waals surface area contributed by atoms with Crippen molar-refractivity contribution >= 4 is 27.9 Å². The fourth-order valence-electron chi connectivity index (χ4n) is 2.97. The van der Waals surface area contributed by atoms with Gasteiger partial charge in [-0.15, -0.1) is 0 Å². The third-order valence-electron chi connectivity index (χ3n) is 4.09. The molecule has 4 rings (SSSR count). The van der Waals surface area contributed by atoms with E-state index in [1.54, 1.807) is 24.3 Å². The smallest absolute Gasteiger partial charge is 0.335 e. The van der Waals surface area contributed by atoms with E-state index in [1.807, 2.05) is 28.8 Å². The van der Waals surface area contributed by atoms with Crippen LogP contribution in [-0.2, 0) is 6.54 Å². The third kappa shape index (κ3) is 2.16. The molecule has 0 amide bonds. The number of carbonyl (C=O) groups is 1. The molecule has 2 N–H and O–H groups in total. The first-order valence-electron chi connectivity index (χ1n) is 7.42. The molecule has 0 saturated carbocycles. The van der Waals surface area contributed by atoms with Gasteiger partial charge in [-0.05, 0) is 23.8 Å². The average Bonchev–Trinajstić information content (AvgIpc) is 2.91. The topological polar surface area (TPSA) is 88.0 Å². The summed E-state index contributed by atoms with van der Waals surface area (Å²) in [6, 6.07) is 14.4. The molecule has 6 heteroatoms. The number of nitrogens with zero attached hydrogens (tertiary/aromatic N) is 2. The second-order valence-corrected chi connectivity index (χ2v) is 5.54.